The van der Waals surface area contributed by atoms with Crippen LogP contribution >= 0.6 is 0 Å². The van der Waals surface area contributed by atoms with Gasteiger partial charge in [0.1, 0.15) is 36.8 Å². The van der Waals surface area contributed by atoms with Crippen molar-refractivity contribution in [2.24, 2.45) is 53.0 Å². The second kappa shape index (κ2) is 33.1. The molecule has 0 spiro atoms. The number of alkyl carbamates (subject to hydrolysis) is 1. The van der Waals surface area contributed by atoms with Crippen LogP contribution in [0.3, 0.4) is 0 Å². The predicted molar refractivity (Wildman–Crippen MR) is 373 cm³/mol. The number of nitrogens with two attached hydrogens (primary N) is 2. The number of primary amides is 1. The largest absolute Gasteiger partial charge is 0.508 e. The molecule has 11 N–H and O–H groups in total. The molecule has 7 amide bonds. The Morgan fingerprint density at radius 3 is 2.00 bits per heavy atom. The topological polar surface area (TPSA) is 355 Å². The molecule has 1 aromatic heterocycles. The fourth-order valence-corrected chi connectivity index (χ4v) is 17.2. The third-order valence-electron chi connectivity index (χ3n) is 22.9. The van der Waals surface area contributed by atoms with Crippen LogP contribution in [0.2, 0.25) is 0 Å². The number of nitrogens with zero attached hydrogens (tertiary/aromatic N) is 3. The maximum atomic E-state index is 14.8. The summed E-state index contributed by atoms with van der Waals surface area (Å²) in [6.07, 6.45) is 14.0. The van der Waals surface area contributed by atoms with Crippen molar-refractivity contribution in [3.05, 3.63) is 105 Å². The maximum absolute atomic E-state index is 14.8. The minimum Gasteiger partial charge on any atom is -0.508 e. The number of aromatic hydroxyl groups is 1. The average Bonchev–Trinajstić information content (AvgIpc) is 1.01. The van der Waals surface area contributed by atoms with E-state index in [2.05, 4.69) is 50.7 Å². The molecule has 5 aliphatic carbocycles. The van der Waals surface area contributed by atoms with Crippen molar-refractivity contribution in [2.75, 3.05) is 25.1 Å². The van der Waals surface area contributed by atoms with Crippen molar-refractivity contribution in [3.63, 3.8) is 0 Å². The summed E-state index contributed by atoms with van der Waals surface area (Å²) >= 11 is 0. The minimum atomic E-state index is -1.28. The van der Waals surface area contributed by atoms with Crippen molar-refractivity contribution >= 4 is 58.8 Å². The van der Waals surface area contributed by atoms with Crippen molar-refractivity contribution in [1.29, 1.82) is 0 Å². The summed E-state index contributed by atoms with van der Waals surface area (Å²) in [5.74, 6) is -3.38. The van der Waals surface area contributed by atoms with Gasteiger partial charge in [-0.05, 0) is 183 Å². The van der Waals surface area contributed by atoms with Crippen LogP contribution in [-0.2, 0) is 93.2 Å². The molecule has 4 aromatic rings. The number of hydrogen-bond donors (Lipinski definition) is 9. The Hall–Kier alpha value is -7.89. The SMILES string of the molecule is CC(C)[C@H](NC(=O)[C@H](N)CCCCCC(=O)COC1CCCCCc2c1nnn2C)C(=O)C[C@@H](CCCNC(N)=O)C(=O)Nc1ccc(COC(=O)N[C@@H](CO)C(=O)Cc2ccc3c(c2)[C@@]2(C)CCC[C@](C)(C(=O)NC(=O)[C@@]4(C)CCC[C@]5(C)c6cc(O)ccc6CC[C@@H]45)[C@@H]2CC3)cc1. The van der Waals surface area contributed by atoms with E-state index in [-0.39, 0.29) is 97.4 Å². The number of Topliss-reactive ketones (excluding diaryl/α,β-unsaturated/α-hetero) is 3. The summed E-state index contributed by atoms with van der Waals surface area (Å²) in [6.45, 7) is 11.3. The Kier molecular flexibility index (Phi) is 25.2. The second-order valence-corrected chi connectivity index (χ2v) is 30.2. The van der Waals surface area contributed by atoms with Gasteiger partial charge in [-0.2, -0.15) is 0 Å². The number of nitrogens with one attached hydrogen (secondary N) is 5. The standard InChI is InChI=1S/C76H106N10O13/c1-46(2)65(82-68(93)57(77)19-11-8-10-18-54(89)45-98-62-21-13-9-12-20-59-66(62)84-85-86(59)7)61(91)41-51(17-14-38-79-71(78)96)67(92)80-52-29-23-47(24-30-52)44-99-72(97)81-58(43-87)60(90)40-48-22-25-49-27-32-63-73(3,55(49)39-48)34-15-36-75(63,5)69(94)83-70(95)76(6)37-16-35-74(4)56-42-53(88)31-26-50(56)28-33-64(74)76/h22-26,29-31,39,42,46,51,57-58,62-65,87-88H,8-21,27-28,32-38,40-41,43-45,77H2,1-7H3,(H,80,92)(H,81,97)(H,82,93)(H3,78,79,96)(H,83,94,95)/t51-,57-,58+,62?,63-,64-,65+,73-,74-,75+,76+/m1/s1. The first-order valence-corrected chi connectivity index (χ1v) is 36.1. The molecule has 1 heterocycles. The van der Waals surface area contributed by atoms with E-state index in [9.17, 15) is 53.4 Å². The monoisotopic (exact) mass is 1370 g/mol. The zero-order valence-electron chi connectivity index (χ0n) is 59.1. The number of rotatable bonds is 30. The number of amides is 7. The molecule has 2 fully saturated rings. The van der Waals surface area contributed by atoms with Gasteiger partial charge in [0, 0.05) is 44.5 Å². The molecular weight excluding hydrogens is 1260 g/mol. The van der Waals surface area contributed by atoms with Gasteiger partial charge in [0.05, 0.1) is 35.2 Å². The smallest absolute Gasteiger partial charge is 0.408 e. The van der Waals surface area contributed by atoms with E-state index in [1.54, 1.807) is 48.9 Å². The highest BCUT2D eigenvalue weighted by atomic mass is 16.5. The number of aromatic nitrogens is 3. The van der Waals surface area contributed by atoms with Crippen LogP contribution in [0.1, 0.15) is 221 Å². The Bertz CT molecular complexity index is 3590. The molecule has 0 bridgehead atoms. The number of phenols is 1. The van der Waals surface area contributed by atoms with Crippen LogP contribution in [0.4, 0.5) is 15.3 Å². The van der Waals surface area contributed by atoms with Crippen LogP contribution in [0.15, 0.2) is 60.7 Å². The fourth-order valence-electron chi connectivity index (χ4n) is 17.2. The van der Waals surface area contributed by atoms with Crippen LogP contribution in [0.25, 0.3) is 0 Å². The molecule has 0 saturated heterocycles. The third kappa shape index (κ3) is 17.8. The highest BCUT2D eigenvalue weighted by Crippen LogP contribution is 2.60. The number of imide groups is 1. The normalized spacial score (nSPS) is 24.4. The van der Waals surface area contributed by atoms with E-state index in [0.717, 1.165) is 112 Å². The molecule has 2 saturated carbocycles. The quantitative estimate of drug-likeness (QED) is 0.0173. The number of unbranched alkanes of at least 4 members (excludes halogenated alkanes) is 2. The molecular formula is C76H106N10O13. The van der Waals surface area contributed by atoms with Gasteiger partial charge >= 0.3 is 12.1 Å². The molecule has 11 atom stereocenters. The molecule has 9 rings (SSSR count). The van der Waals surface area contributed by atoms with E-state index < -0.39 is 76.6 Å². The Morgan fingerprint density at radius 2 is 1.35 bits per heavy atom. The highest BCUT2D eigenvalue weighted by molar-refractivity contribution is 6.01. The lowest BCUT2D eigenvalue weighted by molar-refractivity contribution is -0.150. The third-order valence-corrected chi connectivity index (χ3v) is 22.9. The van der Waals surface area contributed by atoms with Crippen LogP contribution < -0.4 is 38.1 Å². The number of aliphatic hydroxyl groups excluding tert-OH is 1. The number of carbonyl (C=O) groups excluding carboxylic acids is 9. The second-order valence-electron chi connectivity index (χ2n) is 30.2. The first-order chi connectivity index (χ1) is 47.2. The average molecular weight is 1370 g/mol. The molecule has 5 aliphatic rings. The minimum absolute atomic E-state index is 0.00684. The van der Waals surface area contributed by atoms with Crippen molar-refractivity contribution in [1.82, 2.24) is 36.3 Å². The Balaban J connectivity index is 0.727. The first kappa shape index (κ1) is 75.3. The maximum Gasteiger partial charge on any atom is 0.408 e. The lowest BCUT2D eigenvalue weighted by Gasteiger charge is -2.56. The van der Waals surface area contributed by atoms with E-state index in [1.807, 2.05) is 51.2 Å². The van der Waals surface area contributed by atoms with Gasteiger partial charge in [0.15, 0.2) is 17.3 Å². The number of benzene rings is 3. The summed E-state index contributed by atoms with van der Waals surface area (Å²) in [5, 5.41) is 43.1. The summed E-state index contributed by atoms with van der Waals surface area (Å²) in [7, 11) is 1.87. The molecule has 99 heavy (non-hydrogen) atoms. The Labute approximate surface area is 582 Å². The fraction of sp³-hybridized carbons (Fsp3) is 0.618. The van der Waals surface area contributed by atoms with Crippen LogP contribution in [0.5, 0.6) is 5.75 Å². The van der Waals surface area contributed by atoms with Gasteiger partial charge < -0.3 is 52.4 Å². The highest BCUT2D eigenvalue weighted by Gasteiger charge is 2.59. The zero-order valence-corrected chi connectivity index (χ0v) is 59.1. The number of ether oxygens (including phenoxy) is 2. The zero-order chi connectivity index (χ0) is 71.4. The number of anilines is 1. The number of phenolic OH excluding ortho intramolecular Hbond substituents is 1. The Morgan fingerprint density at radius 1 is 0.707 bits per heavy atom. The van der Waals surface area contributed by atoms with E-state index in [4.69, 9.17) is 20.9 Å². The number of hydrogen-bond acceptors (Lipinski definition) is 16. The number of carbonyl (C=O) groups is 9. The molecule has 23 nitrogen and oxygen atoms in total. The number of urea groups is 1. The van der Waals surface area contributed by atoms with E-state index in [0.29, 0.717) is 68.2 Å². The van der Waals surface area contributed by atoms with E-state index >= 15 is 0 Å². The first-order valence-electron chi connectivity index (χ1n) is 36.1. The van der Waals surface area contributed by atoms with Gasteiger partial charge in [-0.3, -0.25) is 43.6 Å². The van der Waals surface area contributed by atoms with Crippen LogP contribution in [0, 0.1) is 34.5 Å². The molecule has 0 aliphatic heterocycles. The summed E-state index contributed by atoms with van der Waals surface area (Å²) in [6, 6.07) is 14.1. The summed E-state index contributed by atoms with van der Waals surface area (Å²) in [4.78, 5) is 122. The van der Waals surface area contributed by atoms with Crippen LogP contribution in [-0.4, -0.2) is 116 Å². The van der Waals surface area contributed by atoms with Gasteiger partial charge in [-0.25, -0.2) is 9.59 Å². The number of ketones is 3. The molecule has 1 unspecified atom stereocenters. The summed E-state index contributed by atoms with van der Waals surface area (Å²) in [5.41, 5.74) is 17.2. The lowest BCUT2D eigenvalue weighted by atomic mass is 9.49. The number of fused-ring (bicyclic) bond motifs is 7. The molecule has 3 aromatic carbocycles. The van der Waals surface area contributed by atoms with Crippen molar-refractivity contribution in [3.8, 4) is 5.75 Å². The summed E-state index contributed by atoms with van der Waals surface area (Å²) < 4.78 is 13.3. The van der Waals surface area contributed by atoms with E-state index in [1.165, 1.54) is 5.56 Å². The molecule has 23 heteroatoms. The molecule has 0 radical (unpaired) electrons. The number of aliphatic hydroxyl groups is 1. The van der Waals surface area contributed by atoms with Crippen molar-refractivity contribution < 1.29 is 62.8 Å². The lowest BCUT2D eigenvalue weighted by Crippen LogP contribution is -2.60. The van der Waals surface area contributed by atoms with Gasteiger partial charge in [0.25, 0.3) is 0 Å². The number of aryl methyl sites for hydroxylation is 3. The van der Waals surface area contributed by atoms with Gasteiger partial charge in [-0.1, -0.05) is 122 Å². The van der Waals surface area contributed by atoms with Gasteiger partial charge in [0.2, 0.25) is 23.6 Å². The van der Waals surface area contributed by atoms with Crippen molar-refractivity contribution in [2.45, 2.75) is 237 Å². The van der Waals surface area contributed by atoms with Gasteiger partial charge in [-0.15, -0.1) is 5.10 Å². The predicted octanol–water partition coefficient (Wildman–Crippen LogP) is 9.11. The molecule has 538 valence electrons.